The molecule has 0 aromatic rings. The zero-order chi connectivity index (χ0) is 41.4. The van der Waals surface area contributed by atoms with Crippen LogP contribution >= 0.6 is 0 Å². The lowest BCUT2D eigenvalue weighted by Gasteiger charge is -2.31. The van der Waals surface area contributed by atoms with Gasteiger partial charge in [0, 0.05) is 19.3 Å². The van der Waals surface area contributed by atoms with E-state index in [9.17, 15) is 19.5 Å². The van der Waals surface area contributed by atoms with Gasteiger partial charge in [0.1, 0.15) is 6.61 Å². The Morgan fingerprint density at radius 1 is 0.554 bits per heavy atom. The summed E-state index contributed by atoms with van der Waals surface area (Å²) in [6.45, 7) is 4.33. The van der Waals surface area contributed by atoms with Gasteiger partial charge >= 0.3 is 17.9 Å². The summed E-state index contributed by atoms with van der Waals surface area (Å²) in [6.07, 6.45) is 52.5. The standard InChI is InChI=1S/C48H73NO7/c1-6-8-10-12-14-16-18-20-22-23-25-27-29-31-33-35-37-39-47(51)56-44(42-54-41-40-45(48(52)53)49(3,4)5)43-55-46(50)38-36-34-32-30-28-26-24-21-19-17-15-13-11-9-7-2/h8-11,13-17,19-22,24-28,31,33,44-45H,6-7,12,18,23,29-30,32,34-43H2,1-5H3/p+1/b10-8+,11-9+,15-13+,16-14+,19-17+,22-20+,24-21+,27-25+,28-26+,33-31+. The molecule has 0 rings (SSSR count). The Balaban J connectivity index is 4.60. The van der Waals surface area contributed by atoms with Gasteiger partial charge in [-0.1, -0.05) is 142 Å². The fraction of sp³-hybridized carbons (Fsp3) is 0.521. The summed E-state index contributed by atoms with van der Waals surface area (Å²) >= 11 is 0. The largest absolute Gasteiger partial charge is 0.477 e. The molecule has 312 valence electrons. The second-order valence-electron chi connectivity index (χ2n) is 14.2. The highest BCUT2D eigenvalue weighted by molar-refractivity contribution is 5.72. The van der Waals surface area contributed by atoms with Gasteiger partial charge in [0.25, 0.3) is 0 Å². The molecule has 0 aliphatic carbocycles. The molecule has 0 radical (unpaired) electrons. The topological polar surface area (TPSA) is 99.1 Å². The Labute approximate surface area is 340 Å². The van der Waals surface area contributed by atoms with E-state index in [1.807, 2.05) is 69.8 Å². The first-order chi connectivity index (χ1) is 27.1. The average Bonchev–Trinajstić information content (AvgIpc) is 3.15. The van der Waals surface area contributed by atoms with Crippen LogP contribution in [0.4, 0.5) is 0 Å². The Hall–Kier alpha value is -4.27. The quantitative estimate of drug-likeness (QED) is 0.0228. The summed E-state index contributed by atoms with van der Waals surface area (Å²) in [5, 5.41) is 9.61. The summed E-state index contributed by atoms with van der Waals surface area (Å²) in [5.41, 5.74) is 0. The smallest absolute Gasteiger partial charge is 0.362 e. The molecule has 1 N–H and O–H groups in total. The van der Waals surface area contributed by atoms with Crippen LogP contribution in [-0.2, 0) is 28.6 Å². The number of hydrogen-bond donors (Lipinski definition) is 1. The number of likely N-dealkylation sites (N-methyl/N-ethyl adjacent to an activating group) is 1. The first-order valence-corrected chi connectivity index (χ1v) is 20.6. The van der Waals surface area contributed by atoms with E-state index in [0.29, 0.717) is 19.3 Å². The number of aliphatic carboxylic acids is 1. The third-order valence-electron chi connectivity index (χ3n) is 8.23. The third kappa shape index (κ3) is 35.4. The van der Waals surface area contributed by atoms with Crippen molar-refractivity contribution in [3.05, 3.63) is 122 Å². The average molecular weight is 777 g/mol. The van der Waals surface area contributed by atoms with Crippen LogP contribution in [0.1, 0.15) is 110 Å². The number of unbranched alkanes of at least 4 members (excludes halogenated alkanes) is 4. The lowest BCUT2D eigenvalue weighted by atomic mass is 10.1. The number of quaternary nitrogens is 1. The van der Waals surface area contributed by atoms with Crippen LogP contribution in [0.5, 0.6) is 0 Å². The summed E-state index contributed by atoms with van der Waals surface area (Å²) in [4.78, 5) is 36.9. The molecule has 56 heavy (non-hydrogen) atoms. The van der Waals surface area contributed by atoms with Crippen LogP contribution < -0.4 is 0 Å². The highest BCUT2D eigenvalue weighted by atomic mass is 16.6. The molecule has 0 aliphatic rings. The number of carboxylic acids is 1. The van der Waals surface area contributed by atoms with Crippen molar-refractivity contribution in [2.75, 3.05) is 41.0 Å². The molecule has 0 bridgehead atoms. The molecule has 0 aromatic heterocycles. The Morgan fingerprint density at radius 3 is 1.61 bits per heavy atom. The van der Waals surface area contributed by atoms with Crippen LogP contribution in [0.3, 0.4) is 0 Å². The minimum absolute atomic E-state index is 0.0147. The number of carbonyl (C=O) groups is 3. The molecule has 2 atom stereocenters. The minimum atomic E-state index is -0.898. The number of ether oxygens (including phenoxy) is 3. The number of hydrogen-bond acceptors (Lipinski definition) is 6. The van der Waals surface area contributed by atoms with Gasteiger partial charge in [-0.05, 0) is 70.6 Å². The second-order valence-corrected chi connectivity index (χ2v) is 14.2. The second kappa shape index (κ2) is 37.6. The number of rotatable bonds is 34. The summed E-state index contributed by atoms with van der Waals surface area (Å²) < 4.78 is 17.1. The van der Waals surface area contributed by atoms with Crippen molar-refractivity contribution in [1.29, 1.82) is 0 Å². The maximum Gasteiger partial charge on any atom is 0.362 e. The van der Waals surface area contributed by atoms with Crippen LogP contribution in [0, 0.1) is 0 Å². The molecule has 8 heteroatoms. The summed E-state index contributed by atoms with van der Waals surface area (Å²) in [7, 11) is 5.47. The Bertz CT molecular complexity index is 1320. The van der Waals surface area contributed by atoms with E-state index >= 15 is 0 Å². The van der Waals surface area contributed by atoms with E-state index in [2.05, 4.69) is 86.8 Å². The lowest BCUT2D eigenvalue weighted by molar-refractivity contribution is -0.887. The van der Waals surface area contributed by atoms with Gasteiger partial charge in [0.15, 0.2) is 12.1 Å². The van der Waals surface area contributed by atoms with Crippen molar-refractivity contribution >= 4 is 17.9 Å². The van der Waals surface area contributed by atoms with Gasteiger partial charge < -0.3 is 23.8 Å². The molecule has 0 heterocycles. The summed E-state index contributed by atoms with van der Waals surface area (Å²) in [6, 6.07) is -0.639. The van der Waals surface area contributed by atoms with Crippen LogP contribution in [0.25, 0.3) is 0 Å². The molecule has 0 aromatic carbocycles. The first kappa shape index (κ1) is 51.7. The number of carboxylic acid groups (broad SMARTS) is 1. The van der Waals surface area contributed by atoms with Crippen LogP contribution in [0.2, 0.25) is 0 Å². The van der Waals surface area contributed by atoms with E-state index < -0.39 is 18.1 Å². The van der Waals surface area contributed by atoms with E-state index in [1.165, 1.54) is 0 Å². The van der Waals surface area contributed by atoms with Crippen molar-refractivity contribution in [3.8, 4) is 0 Å². The van der Waals surface area contributed by atoms with Gasteiger partial charge in [-0.2, -0.15) is 0 Å². The van der Waals surface area contributed by atoms with E-state index in [0.717, 1.165) is 64.2 Å². The lowest BCUT2D eigenvalue weighted by Crippen LogP contribution is -2.50. The maximum absolute atomic E-state index is 12.7. The predicted molar refractivity (Wildman–Crippen MR) is 233 cm³/mol. The molecule has 2 unspecified atom stereocenters. The van der Waals surface area contributed by atoms with Crippen molar-refractivity contribution in [1.82, 2.24) is 0 Å². The van der Waals surface area contributed by atoms with E-state index in [-0.39, 0.29) is 49.1 Å². The molecule has 0 fully saturated rings. The molecular weight excluding hydrogens is 703 g/mol. The van der Waals surface area contributed by atoms with Gasteiger partial charge in [-0.15, -0.1) is 0 Å². The van der Waals surface area contributed by atoms with Gasteiger partial charge in [-0.3, -0.25) is 9.59 Å². The molecule has 0 aliphatic heterocycles. The normalized spacial score (nSPS) is 14.2. The molecule has 0 saturated heterocycles. The number of carbonyl (C=O) groups excluding carboxylic acids is 2. The molecular formula is C48H74NO7+. The van der Waals surface area contributed by atoms with Crippen LogP contribution in [-0.4, -0.2) is 80.6 Å². The fourth-order valence-electron chi connectivity index (χ4n) is 5.09. The molecule has 0 spiro atoms. The summed E-state index contributed by atoms with van der Waals surface area (Å²) in [5.74, 6) is -1.62. The Morgan fingerprint density at radius 2 is 1.05 bits per heavy atom. The Kier molecular flexibility index (Phi) is 34.8. The predicted octanol–water partition coefficient (Wildman–Crippen LogP) is 11.1. The molecule has 0 amide bonds. The van der Waals surface area contributed by atoms with Crippen molar-refractivity contribution in [3.63, 3.8) is 0 Å². The van der Waals surface area contributed by atoms with Crippen molar-refractivity contribution in [2.24, 2.45) is 0 Å². The fourth-order valence-corrected chi connectivity index (χ4v) is 5.09. The SMILES string of the molecule is CC/C=C/C=C/C=C/C=C/C=C/CCCCCC(=O)OCC(COCCC(C(=O)O)[N+](C)(C)C)OC(=O)CCC/C=C/C/C=C/C/C=C/C/C=C/C/C=C/CC. The number of nitrogens with zero attached hydrogens (tertiary/aromatic N) is 1. The highest BCUT2D eigenvalue weighted by Crippen LogP contribution is 2.11. The van der Waals surface area contributed by atoms with Gasteiger partial charge in [0.2, 0.25) is 0 Å². The van der Waals surface area contributed by atoms with E-state index in [1.54, 1.807) is 0 Å². The van der Waals surface area contributed by atoms with Gasteiger partial charge in [-0.25, -0.2) is 4.79 Å². The number of allylic oxidation sites excluding steroid dienone is 20. The molecule has 8 nitrogen and oxygen atoms in total. The maximum atomic E-state index is 12.7. The third-order valence-corrected chi connectivity index (χ3v) is 8.23. The highest BCUT2D eigenvalue weighted by Gasteiger charge is 2.31. The van der Waals surface area contributed by atoms with Crippen molar-refractivity contribution in [2.45, 2.75) is 122 Å². The monoisotopic (exact) mass is 777 g/mol. The zero-order valence-corrected chi connectivity index (χ0v) is 35.3. The first-order valence-electron chi connectivity index (χ1n) is 20.6. The number of esters is 2. The van der Waals surface area contributed by atoms with E-state index in [4.69, 9.17) is 14.2 Å². The van der Waals surface area contributed by atoms with Gasteiger partial charge in [0.05, 0.1) is 34.4 Å². The zero-order valence-electron chi connectivity index (χ0n) is 35.3. The van der Waals surface area contributed by atoms with Crippen LogP contribution in [0.15, 0.2) is 122 Å². The van der Waals surface area contributed by atoms with Crippen molar-refractivity contribution < 1.29 is 38.2 Å². The minimum Gasteiger partial charge on any atom is -0.477 e. The molecule has 0 saturated carbocycles.